The molecule has 0 aliphatic rings. The molecule has 0 radical (unpaired) electrons. The highest BCUT2D eigenvalue weighted by Gasteiger charge is 2.11. The third kappa shape index (κ3) is 7.25. The summed E-state index contributed by atoms with van der Waals surface area (Å²) < 4.78 is 16.1. The van der Waals surface area contributed by atoms with Crippen LogP contribution in [0.25, 0.3) is 0 Å². The molecule has 0 spiro atoms. The summed E-state index contributed by atoms with van der Waals surface area (Å²) in [6.45, 7) is 4.21. The van der Waals surface area contributed by atoms with E-state index in [1.54, 1.807) is 33.1 Å². The van der Waals surface area contributed by atoms with Crippen molar-refractivity contribution < 1.29 is 14.2 Å². The molecule has 0 saturated carbocycles. The number of benzene rings is 1. The van der Waals surface area contributed by atoms with E-state index in [1.807, 2.05) is 19.1 Å². The molecule has 0 amide bonds. The quantitative estimate of drug-likeness (QED) is 0.251. The smallest absolute Gasteiger partial charge is 0.191 e. The minimum Gasteiger partial charge on any atom is -0.496 e. The van der Waals surface area contributed by atoms with Gasteiger partial charge in [-0.05, 0) is 19.2 Å². The number of rotatable bonds is 9. The Hall–Kier alpha value is -1.03. The Morgan fingerprint density at radius 1 is 1.04 bits per heavy atom. The average molecular weight is 469 g/mol. The molecule has 6 nitrogen and oxygen atoms in total. The molecular weight excluding hydrogens is 441 g/mol. The van der Waals surface area contributed by atoms with Crippen LogP contribution in [0.2, 0.25) is 0 Å². The molecule has 1 rings (SSSR count). The van der Waals surface area contributed by atoms with Gasteiger partial charge in [-0.2, -0.15) is 11.8 Å². The summed E-state index contributed by atoms with van der Waals surface area (Å²) in [5, 5.41) is 6.54. The van der Waals surface area contributed by atoms with Crippen LogP contribution in [0.3, 0.4) is 0 Å². The van der Waals surface area contributed by atoms with E-state index in [0.29, 0.717) is 18.0 Å². The lowest BCUT2D eigenvalue weighted by Crippen LogP contribution is -2.38. The van der Waals surface area contributed by atoms with Gasteiger partial charge in [-0.1, -0.05) is 0 Å². The van der Waals surface area contributed by atoms with Crippen LogP contribution >= 0.6 is 35.7 Å². The van der Waals surface area contributed by atoms with Crippen LogP contribution in [0, 0.1) is 0 Å². The van der Waals surface area contributed by atoms with Gasteiger partial charge in [-0.3, -0.25) is 0 Å². The van der Waals surface area contributed by atoms with Gasteiger partial charge >= 0.3 is 0 Å². The number of hydrogen-bond donors (Lipinski definition) is 2. The lowest BCUT2D eigenvalue weighted by atomic mass is 10.1. The Balaban J connectivity index is 0.00000529. The van der Waals surface area contributed by atoms with E-state index >= 15 is 0 Å². The van der Waals surface area contributed by atoms with Crippen LogP contribution in [0.5, 0.6) is 17.2 Å². The van der Waals surface area contributed by atoms with E-state index in [-0.39, 0.29) is 24.0 Å². The fourth-order valence-electron chi connectivity index (χ4n) is 1.99. The van der Waals surface area contributed by atoms with E-state index in [4.69, 9.17) is 14.2 Å². The van der Waals surface area contributed by atoms with E-state index < -0.39 is 0 Å². The molecule has 0 fully saturated rings. The number of ether oxygens (including phenoxy) is 3. The Morgan fingerprint density at radius 3 is 2.21 bits per heavy atom. The average Bonchev–Trinajstić information content (AvgIpc) is 2.58. The topological polar surface area (TPSA) is 64.1 Å². The number of nitrogens with one attached hydrogen (secondary N) is 2. The molecule has 1 aromatic rings. The number of guanidine groups is 1. The number of nitrogens with zero attached hydrogens (tertiary/aromatic N) is 1. The zero-order valence-corrected chi connectivity index (χ0v) is 18.1. The first kappa shape index (κ1) is 23.0. The van der Waals surface area contributed by atoms with Gasteiger partial charge in [0.15, 0.2) is 17.5 Å². The van der Waals surface area contributed by atoms with Crippen molar-refractivity contribution in [3.05, 3.63) is 17.7 Å². The summed E-state index contributed by atoms with van der Waals surface area (Å²) >= 11 is 1.80. The molecule has 0 atom stereocenters. The third-order valence-corrected chi connectivity index (χ3v) is 3.75. The van der Waals surface area contributed by atoms with Gasteiger partial charge in [0.25, 0.3) is 0 Å². The first-order valence-electron chi connectivity index (χ1n) is 7.50. The molecule has 8 heteroatoms. The summed E-state index contributed by atoms with van der Waals surface area (Å²) in [5.74, 6) is 3.86. The fourth-order valence-corrected chi connectivity index (χ4v) is 2.30. The predicted molar refractivity (Wildman–Crippen MR) is 113 cm³/mol. The van der Waals surface area contributed by atoms with Crippen molar-refractivity contribution >= 4 is 41.7 Å². The van der Waals surface area contributed by atoms with E-state index in [1.165, 1.54) is 0 Å². The molecule has 1 aromatic carbocycles. The van der Waals surface area contributed by atoms with Crippen molar-refractivity contribution in [2.45, 2.75) is 13.5 Å². The summed E-state index contributed by atoms with van der Waals surface area (Å²) in [7, 11) is 4.86. The number of halogens is 1. The van der Waals surface area contributed by atoms with Crippen LogP contribution in [0.1, 0.15) is 12.5 Å². The third-order valence-electron chi connectivity index (χ3n) is 3.14. The maximum Gasteiger partial charge on any atom is 0.191 e. The largest absolute Gasteiger partial charge is 0.496 e. The molecule has 0 aliphatic carbocycles. The second-order valence-electron chi connectivity index (χ2n) is 4.63. The van der Waals surface area contributed by atoms with Crippen molar-refractivity contribution in [3.63, 3.8) is 0 Å². The Bertz CT molecular complexity index is 516. The molecule has 0 aromatic heterocycles. The zero-order chi connectivity index (χ0) is 17.1. The van der Waals surface area contributed by atoms with E-state index in [9.17, 15) is 0 Å². The first-order valence-corrected chi connectivity index (χ1v) is 8.89. The minimum atomic E-state index is 0. The molecular formula is C16H28IN3O3S. The van der Waals surface area contributed by atoms with Crippen LogP contribution in [-0.4, -0.2) is 52.4 Å². The summed E-state index contributed by atoms with van der Waals surface area (Å²) in [6, 6.07) is 3.71. The number of methoxy groups -OCH3 is 3. The van der Waals surface area contributed by atoms with Gasteiger partial charge in [0.2, 0.25) is 0 Å². The monoisotopic (exact) mass is 469 g/mol. The minimum absolute atomic E-state index is 0. The normalized spacial score (nSPS) is 10.6. The van der Waals surface area contributed by atoms with Gasteiger partial charge < -0.3 is 24.8 Å². The van der Waals surface area contributed by atoms with Crippen molar-refractivity contribution in [1.29, 1.82) is 0 Å². The standard InChI is InChI=1S/C16H27N3O3S.HI/c1-6-17-16(18-7-8-23-5)19-11-12-9-14(21-3)15(22-4)10-13(12)20-2;/h9-10H,6-8,11H2,1-5H3,(H2,17,18,19);1H. The lowest BCUT2D eigenvalue weighted by molar-refractivity contribution is 0.347. The Kier molecular flexibility index (Phi) is 12.7. The second-order valence-corrected chi connectivity index (χ2v) is 5.62. The van der Waals surface area contributed by atoms with Gasteiger partial charge in [-0.25, -0.2) is 4.99 Å². The molecule has 0 heterocycles. The number of hydrogen-bond acceptors (Lipinski definition) is 5. The van der Waals surface area contributed by atoms with Crippen LogP contribution in [-0.2, 0) is 6.54 Å². The van der Waals surface area contributed by atoms with Gasteiger partial charge in [0.05, 0.1) is 27.9 Å². The van der Waals surface area contributed by atoms with Crippen molar-refractivity contribution in [1.82, 2.24) is 10.6 Å². The molecule has 24 heavy (non-hydrogen) atoms. The summed E-state index contributed by atoms with van der Waals surface area (Å²) in [4.78, 5) is 4.60. The highest BCUT2D eigenvalue weighted by Crippen LogP contribution is 2.34. The Labute approximate surface area is 166 Å². The van der Waals surface area contributed by atoms with Gasteiger partial charge in [-0.15, -0.1) is 24.0 Å². The van der Waals surface area contributed by atoms with Crippen LogP contribution in [0.4, 0.5) is 0 Å². The Morgan fingerprint density at radius 2 is 1.67 bits per heavy atom. The molecule has 2 N–H and O–H groups in total. The second kappa shape index (κ2) is 13.3. The highest BCUT2D eigenvalue weighted by atomic mass is 127. The molecule has 0 bridgehead atoms. The first-order chi connectivity index (χ1) is 11.2. The summed E-state index contributed by atoms with van der Waals surface area (Å²) in [5.41, 5.74) is 0.937. The van der Waals surface area contributed by atoms with E-state index in [2.05, 4.69) is 21.9 Å². The van der Waals surface area contributed by atoms with Crippen molar-refractivity contribution in [3.8, 4) is 17.2 Å². The molecule has 0 aliphatic heterocycles. The molecule has 0 unspecified atom stereocenters. The maximum absolute atomic E-state index is 5.43. The van der Waals surface area contributed by atoms with Crippen molar-refractivity contribution in [2.75, 3.05) is 46.4 Å². The van der Waals surface area contributed by atoms with Crippen LogP contribution < -0.4 is 24.8 Å². The van der Waals surface area contributed by atoms with E-state index in [0.717, 1.165) is 36.1 Å². The zero-order valence-electron chi connectivity index (χ0n) is 15.0. The number of thioether (sulfide) groups is 1. The molecule has 138 valence electrons. The SMILES string of the molecule is CCNC(=NCc1cc(OC)c(OC)cc1OC)NCCSC.I. The maximum atomic E-state index is 5.43. The van der Waals surface area contributed by atoms with Crippen molar-refractivity contribution in [2.24, 2.45) is 4.99 Å². The fraction of sp³-hybridized carbons (Fsp3) is 0.562. The lowest BCUT2D eigenvalue weighted by Gasteiger charge is -2.14. The summed E-state index contributed by atoms with van der Waals surface area (Å²) in [6.07, 6.45) is 2.08. The highest BCUT2D eigenvalue weighted by molar-refractivity contribution is 14.0. The van der Waals surface area contributed by atoms with Gasteiger partial charge in [0, 0.05) is 30.5 Å². The van der Waals surface area contributed by atoms with Gasteiger partial charge in [0.1, 0.15) is 5.75 Å². The van der Waals surface area contributed by atoms with Crippen LogP contribution in [0.15, 0.2) is 17.1 Å². The predicted octanol–water partition coefficient (Wildman–Crippen LogP) is 2.75. The molecule has 0 saturated heterocycles. The number of aliphatic imine (C=N–C) groups is 1.